The van der Waals surface area contributed by atoms with Gasteiger partial charge in [-0.25, -0.2) is 4.98 Å². The highest BCUT2D eigenvalue weighted by Gasteiger charge is 2.33. The highest BCUT2D eigenvalue weighted by molar-refractivity contribution is 6.29. The van der Waals surface area contributed by atoms with Crippen LogP contribution in [0.15, 0.2) is 41.1 Å². The number of furan rings is 1. The van der Waals surface area contributed by atoms with E-state index >= 15 is 0 Å². The average molecular weight is 319 g/mol. The second kappa shape index (κ2) is 6.17. The van der Waals surface area contributed by atoms with Crippen molar-refractivity contribution in [2.45, 2.75) is 12.7 Å². The first kappa shape index (κ1) is 15.4. The first-order valence-electron chi connectivity index (χ1n) is 5.85. The van der Waals surface area contributed by atoms with E-state index < -0.39 is 18.6 Å². The summed E-state index contributed by atoms with van der Waals surface area (Å²) in [5, 5.41) is 0.153. The summed E-state index contributed by atoms with van der Waals surface area (Å²) in [5.74, 6) is -0.539. The molecular weight excluding hydrogens is 309 g/mol. The fraction of sp³-hybridized carbons (Fsp3) is 0.231. The second-order valence-corrected chi connectivity index (χ2v) is 4.61. The van der Waals surface area contributed by atoms with Crippen molar-refractivity contribution in [3.05, 3.63) is 53.2 Å². The van der Waals surface area contributed by atoms with E-state index in [0.29, 0.717) is 4.90 Å². The molecule has 1 amide bonds. The van der Waals surface area contributed by atoms with Crippen LogP contribution < -0.4 is 0 Å². The molecule has 0 atom stereocenters. The summed E-state index contributed by atoms with van der Waals surface area (Å²) in [7, 11) is 0. The average Bonchev–Trinajstić information content (AvgIpc) is 2.89. The third-order valence-electron chi connectivity index (χ3n) is 2.56. The lowest BCUT2D eigenvalue weighted by atomic mass is 10.2. The van der Waals surface area contributed by atoms with Gasteiger partial charge in [-0.15, -0.1) is 0 Å². The van der Waals surface area contributed by atoms with Crippen LogP contribution >= 0.6 is 11.6 Å². The molecule has 0 N–H and O–H groups in total. The summed E-state index contributed by atoms with van der Waals surface area (Å²) in [5.41, 5.74) is 0.0233. The predicted octanol–water partition coefficient (Wildman–Crippen LogP) is 3.53. The Labute approximate surface area is 123 Å². The molecule has 0 unspecified atom stereocenters. The molecule has 0 spiro atoms. The van der Waals surface area contributed by atoms with Gasteiger partial charge in [0, 0.05) is 6.20 Å². The van der Waals surface area contributed by atoms with Crippen LogP contribution in [-0.4, -0.2) is 28.5 Å². The van der Waals surface area contributed by atoms with Gasteiger partial charge in [-0.2, -0.15) is 13.2 Å². The second-order valence-electron chi connectivity index (χ2n) is 4.23. The van der Waals surface area contributed by atoms with Gasteiger partial charge in [0.1, 0.15) is 17.5 Å². The van der Waals surface area contributed by atoms with Crippen LogP contribution in [0.4, 0.5) is 13.2 Å². The van der Waals surface area contributed by atoms with Crippen LogP contribution in [0.2, 0.25) is 5.15 Å². The summed E-state index contributed by atoms with van der Waals surface area (Å²) in [6.45, 7) is -1.66. The minimum atomic E-state index is -4.51. The van der Waals surface area contributed by atoms with E-state index in [9.17, 15) is 18.0 Å². The molecule has 8 heteroatoms. The molecule has 0 saturated carbocycles. The van der Waals surface area contributed by atoms with Gasteiger partial charge < -0.3 is 9.32 Å². The maximum Gasteiger partial charge on any atom is 0.406 e. The van der Waals surface area contributed by atoms with Gasteiger partial charge in [0.15, 0.2) is 0 Å². The lowest BCUT2D eigenvalue weighted by Gasteiger charge is -2.23. The number of hydrogen-bond donors (Lipinski definition) is 0. The maximum absolute atomic E-state index is 12.6. The van der Waals surface area contributed by atoms with Crippen molar-refractivity contribution in [3.63, 3.8) is 0 Å². The maximum atomic E-state index is 12.6. The predicted molar refractivity (Wildman–Crippen MR) is 68.8 cm³/mol. The summed E-state index contributed by atoms with van der Waals surface area (Å²) in [6.07, 6.45) is -2.05. The van der Waals surface area contributed by atoms with Crippen molar-refractivity contribution in [2.75, 3.05) is 6.54 Å². The van der Waals surface area contributed by atoms with Crippen molar-refractivity contribution >= 4 is 17.5 Å². The topological polar surface area (TPSA) is 46.3 Å². The number of rotatable bonds is 4. The fourth-order valence-electron chi connectivity index (χ4n) is 1.69. The van der Waals surface area contributed by atoms with Crippen molar-refractivity contribution in [2.24, 2.45) is 0 Å². The quantitative estimate of drug-likeness (QED) is 0.810. The minimum absolute atomic E-state index is 0.0233. The number of carbonyl (C=O) groups is 1. The molecule has 0 radical (unpaired) electrons. The Morgan fingerprint density at radius 2 is 2.10 bits per heavy atom. The van der Waals surface area contributed by atoms with E-state index in [0.717, 1.165) is 6.20 Å². The third kappa shape index (κ3) is 4.49. The van der Waals surface area contributed by atoms with Gasteiger partial charge in [-0.1, -0.05) is 11.6 Å². The van der Waals surface area contributed by atoms with E-state index in [2.05, 4.69) is 4.98 Å². The Morgan fingerprint density at radius 3 is 2.62 bits per heavy atom. The van der Waals surface area contributed by atoms with Gasteiger partial charge in [-0.05, 0) is 24.3 Å². The lowest BCUT2D eigenvalue weighted by Crippen LogP contribution is -2.38. The summed E-state index contributed by atoms with van der Waals surface area (Å²) < 4.78 is 42.8. The zero-order valence-corrected chi connectivity index (χ0v) is 11.4. The van der Waals surface area contributed by atoms with E-state index in [1.54, 1.807) is 0 Å². The number of hydrogen-bond acceptors (Lipinski definition) is 3. The van der Waals surface area contributed by atoms with Crippen LogP contribution in [0.5, 0.6) is 0 Å². The number of alkyl halides is 3. The Balaban J connectivity index is 2.21. The first-order valence-corrected chi connectivity index (χ1v) is 6.23. The Hall–Kier alpha value is -2.02. The van der Waals surface area contributed by atoms with Crippen LogP contribution in [-0.2, 0) is 6.54 Å². The largest absolute Gasteiger partial charge is 0.467 e. The molecule has 112 valence electrons. The Kier molecular flexibility index (Phi) is 4.52. The van der Waals surface area contributed by atoms with Crippen LogP contribution in [0.1, 0.15) is 16.1 Å². The van der Waals surface area contributed by atoms with Gasteiger partial charge in [0.25, 0.3) is 5.91 Å². The zero-order chi connectivity index (χ0) is 15.5. The first-order chi connectivity index (χ1) is 9.85. The summed E-state index contributed by atoms with van der Waals surface area (Å²) >= 11 is 5.59. The molecule has 2 aromatic heterocycles. The van der Waals surface area contributed by atoms with Crippen LogP contribution in [0.25, 0.3) is 0 Å². The van der Waals surface area contributed by atoms with E-state index in [-0.39, 0.29) is 23.0 Å². The van der Waals surface area contributed by atoms with Crippen molar-refractivity contribution in [3.8, 4) is 0 Å². The molecule has 0 aliphatic rings. The number of pyridine rings is 1. The lowest BCUT2D eigenvalue weighted by molar-refractivity contribution is -0.142. The monoisotopic (exact) mass is 318 g/mol. The molecule has 0 fully saturated rings. The number of amides is 1. The number of aromatic nitrogens is 1. The Bertz CT molecular complexity index is 597. The molecule has 0 bridgehead atoms. The highest BCUT2D eigenvalue weighted by Crippen LogP contribution is 2.20. The zero-order valence-electron chi connectivity index (χ0n) is 10.6. The minimum Gasteiger partial charge on any atom is -0.467 e. The van der Waals surface area contributed by atoms with Crippen molar-refractivity contribution in [1.29, 1.82) is 0 Å². The highest BCUT2D eigenvalue weighted by atomic mass is 35.5. The van der Waals surface area contributed by atoms with E-state index in [1.807, 2.05) is 0 Å². The fourth-order valence-corrected chi connectivity index (χ4v) is 1.80. The van der Waals surface area contributed by atoms with Gasteiger partial charge >= 0.3 is 6.18 Å². The number of nitrogens with zero attached hydrogens (tertiary/aromatic N) is 2. The van der Waals surface area contributed by atoms with Crippen molar-refractivity contribution in [1.82, 2.24) is 9.88 Å². The van der Waals surface area contributed by atoms with Gasteiger partial charge in [0.2, 0.25) is 0 Å². The van der Waals surface area contributed by atoms with E-state index in [1.165, 1.54) is 30.5 Å². The molecule has 2 aromatic rings. The normalized spacial score (nSPS) is 11.4. The summed E-state index contributed by atoms with van der Waals surface area (Å²) in [4.78, 5) is 16.5. The molecule has 2 heterocycles. The SMILES string of the molecule is O=C(c1ccc(Cl)nc1)N(Cc1ccco1)CC(F)(F)F. The molecule has 2 rings (SSSR count). The standard InChI is InChI=1S/C13H10ClF3N2O2/c14-11-4-3-9(6-18-11)12(20)19(8-13(15,16)17)7-10-2-1-5-21-10/h1-6H,7-8H2. The van der Waals surface area contributed by atoms with Gasteiger partial charge in [-0.3, -0.25) is 4.79 Å². The third-order valence-corrected chi connectivity index (χ3v) is 2.78. The smallest absolute Gasteiger partial charge is 0.406 e. The van der Waals surface area contributed by atoms with E-state index in [4.69, 9.17) is 16.0 Å². The van der Waals surface area contributed by atoms with Gasteiger partial charge in [0.05, 0.1) is 18.4 Å². The molecule has 0 aliphatic heterocycles. The number of carbonyl (C=O) groups excluding carboxylic acids is 1. The molecule has 0 aromatic carbocycles. The van der Waals surface area contributed by atoms with Crippen LogP contribution in [0.3, 0.4) is 0 Å². The van der Waals surface area contributed by atoms with Crippen LogP contribution in [0, 0.1) is 0 Å². The molecule has 4 nitrogen and oxygen atoms in total. The number of halogens is 4. The molecule has 0 saturated heterocycles. The van der Waals surface area contributed by atoms with Crippen molar-refractivity contribution < 1.29 is 22.4 Å². The molecule has 0 aliphatic carbocycles. The Morgan fingerprint density at radius 1 is 1.33 bits per heavy atom. The molecule has 21 heavy (non-hydrogen) atoms. The molecular formula is C13H10ClF3N2O2. The summed E-state index contributed by atoms with van der Waals surface area (Å²) in [6, 6.07) is 5.70.